The van der Waals surface area contributed by atoms with Gasteiger partial charge in [0.1, 0.15) is 6.10 Å². The number of benzene rings is 2. The minimum Gasteiger partial charge on any atom is -0.465 e. The van der Waals surface area contributed by atoms with Crippen molar-refractivity contribution in [2.45, 2.75) is 206 Å². The third-order valence-corrected chi connectivity index (χ3v) is 18.7. The molecular weight excluding hydrogens is 853 g/mol. The molecule has 3 saturated heterocycles. The van der Waals surface area contributed by atoms with Crippen LogP contribution in [0.3, 0.4) is 0 Å². The molecule has 0 aromatic heterocycles. The second-order valence-corrected chi connectivity index (χ2v) is 27.1. The zero-order valence-corrected chi connectivity index (χ0v) is 43.4. The molecule has 12 heteroatoms. The van der Waals surface area contributed by atoms with Gasteiger partial charge in [0.25, 0.3) is 8.32 Å². The summed E-state index contributed by atoms with van der Waals surface area (Å²) >= 11 is 0. The first-order chi connectivity index (χ1) is 30.9. The molecule has 0 amide bonds. The van der Waals surface area contributed by atoms with Crippen molar-refractivity contribution < 1.29 is 51.9 Å². The van der Waals surface area contributed by atoms with Crippen molar-refractivity contribution in [2.75, 3.05) is 20.3 Å². The molecule has 4 aliphatic heterocycles. The third-order valence-electron chi connectivity index (χ3n) is 13.7. The van der Waals surface area contributed by atoms with Gasteiger partial charge in [-0.25, -0.2) is 0 Å². The van der Waals surface area contributed by atoms with Gasteiger partial charge in [-0.05, 0) is 103 Å². The molecule has 4 heterocycles. The van der Waals surface area contributed by atoms with Crippen LogP contribution in [0.15, 0.2) is 72.8 Å². The molecule has 6 rings (SSSR count). The summed E-state index contributed by atoms with van der Waals surface area (Å²) in [5, 5.41) is 1.98. The highest BCUT2D eigenvalue weighted by Crippen LogP contribution is 2.43. The molecule has 0 aliphatic carbocycles. The molecule has 0 bridgehead atoms. The van der Waals surface area contributed by atoms with Crippen LogP contribution in [0.5, 0.6) is 0 Å². The Morgan fingerprint density at radius 2 is 1.35 bits per heavy atom. The fourth-order valence-corrected chi connectivity index (χ4v) is 14.7. The van der Waals surface area contributed by atoms with Crippen LogP contribution in [0.1, 0.15) is 141 Å². The van der Waals surface area contributed by atoms with Crippen molar-refractivity contribution in [3.63, 3.8) is 0 Å². The Bertz CT molecular complexity index is 1860. The molecule has 0 N–H and O–H groups in total. The molecular formula is C54H82O11Si. The van der Waals surface area contributed by atoms with E-state index in [-0.39, 0.29) is 66.1 Å². The number of ether oxygens (including phenoxy) is 8. The minimum atomic E-state index is -3.03. The van der Waals surface area contributed by atoms with Crippen LogP contribution in [0.4, 0.5) is 0 Å². The van der Waals surface area contributed by atoms with Gasteiger partial charge in [-0.1, -0.05) is 94.4 Å². The highest BCUT2D eigenvalue weighted by molar-refractivity contribution is 6.99. The Labute approximate surface area is 397 Å². The first kappa shape index (κ1) is 52.4. The number of rotatable bonds is 15. The van der Waals surface area contributed by atoms with Crippen LogP contribution in [0, 0.1) is 16.7 Å². The number of methoxy groups -OCH3 is 1. The summed E-state index contributed by atoms with van der Waals surface area (Å²) in [5.41, 5.74) is -1.29. The summed E-state index contributed by atoms with van der Waals surface area (Å²) in [6.07, 6.45) is 9.05. The van der Waals surface area contributed by atoms with E-state index in [2.05, 4.69) is 88.4 Å². The van der Waals surface area contributed by atoms with E-state index in [9.17, 15) is 9.59 Å². The first-order valence-electron chi connectivity index (χ1n) is 24.7. The highest BCUT2D eigenvalue weighted by Gasteiger charge is 2.54. The van der Waals surface area contributed by atoms with Crippen molar-refractivity contribution in [1.82, 2.24) is 0 Å². The van der Waals surface area contributed by atoms with Crippen molar-refractivity contribution >= 4 is 30.6 Å². The molecule has 10 atom stereocenters. The smallest absolute Gasteiger partial charge is 0.311 e. The van der Waals surface area contributed by atoms with Crippen LogP contribution in [0.2, 0.25) is 5.04 Å². The van der Waals surface area contributed by atoms with Gasteiger partial charge in [0.2, 0.25) is 0 Å². The summed E-state index contributed by atoms with van der Waals surface area (Å²) in [4.78, 5) is 26.3. The highest BCUT2D eigenvalue weighted by atomic mass is 28.4. The average molecular weight is 935 g/mol. The number of hydrogen-bond donors (Lipinski definition) is 0. The lowest BCUT2D eigenvalue weighted by Crippen LogP contribution is -2.68. The van der Waals surface area contributed by atoms with Crippen molar-refractivity contribution in [3.05, 3.63) is 72.8 Å². The number of hydrogen-bond acceptors (Lipinski definition) is 11. The van der Waals surface area contributed by atoms with Crippen molar-refractivity contribution in [2.24, 2.45) is 16.7 Å². The molecule has 0 unspecified atom stereocenters. The van der Waals surface area contributed by atoms with E-state index in [1.54, 1.807) is 7.11 Å². The van der Waals surface area contributed by atoms with E-state index in [1.807, 2.05) is 67.5 Å². The summed E-state index contributed by atoms with van der Waals surface area (Å²) in [5.74, 6) is -2.30. The molecule has 0 saturated carbocycles. The van der Waals surface area contributed by atoms with E-state index >= 15 is 0 Å². The molecule has 368 valence electrons. The number of esters is 2. The molecule has 0 radical (unpaired) electrons. The Morgan fingerprint density at radius 3 is 1.92 bits per heavy atom. The molecule has 2 aromatic rings. The third kappa shape index (κ3) is 13.0. The molecule has 2 aromatic carbocycles. The largest absolute Gasteiger partial charge is 0.465 e. The number of carbonyl (C=O) groups excluding carboxylic acids is 2. The van der Waals surface area contributed by atoms with E-state index in [1.165, 1.54) is 0 Å². The lowest BCUT2D eigenvalue weighted by molar-refractivity contribution is -0.329. The van der Waals surface area contributed by atoms with Gasteiger partial charge in [0, 0.05) is 45.1 Å². The Morgan fingerprint density at radius 1 is 0.758 bits per heavy atom. The predicted octanol–water partition coefficient (Wildman–Crippen LogP) is 9.61. The van der Waals surface area contributed by atoms with Crippen LogP contribution in [-0.2, 0) is 51.9 Å². The fraction of sp³-hybridized carbons (Fsp3) is 0.704. The van der Waals surface area contributed by atoms with Crippen LogP contribution < -0.4 is 10.4 Å². The second-order valence-electron chi connectivity index (χ2n) is 22.8. The van der Waals surface area contributed by atoms with Gasteiger partial charge >= 0.3 is 11.9 Å². The summed E-state index contributed by atoms with van der Waals surface area (Å²) < 4.78 is 59.8. The van der Waals surface area contributed by atoms with E-state index in [4.69, 9.17) is 42.3 Å². The Balaban J connectivity index is 1.19. The fourth-order valence-electron chi connectivity index (χ4n) is 10.1. The maximum atomic E-state index is 13.9. The Hall–Kier alpha value is -2.94. The van der Waals surface area contributed by atoms with Crippen molar-refractivity contribution in [1.29, 1.82) is 0 Å². The predicted molar refractivity (Wildman–Crippen MR) is 259 cm³/mol. The van der Waals surface area contributed by atoms with Crippen LogP contribution in [-0.4, -0.2) is 101 Å². The normalized spacial score (nSPS) is 30.1. The van der Waals surface area contributed by atoms with Gasteiger partial charge in [0.15, 0.2) is 17.7 Å². The molecule has 66 heavy (non-hydrogen) atoms. The molecule has 3 fully saturated rings. The Kier molecular flexibility index (Phi) is 17.0. The van der Waals surface area contributed by atoms with E-state index < -0.39 is 42.9 Å². The van der Waals surface area contributed by atoms with Gasteiger partial charge in [0.05, 0.1) is 60.7 Å². The monoisotopic (exact) mass is 935 g/mol. The van der Waals surface area contributed by atoms with Crippen LogP contribution >= 0.6 is 0 Å². The SMILES string of the molecule is CO[C@H]1CC[C@]2(C=C[C@H](C)[C@@H](C[C@H]3C[C@H](C[C@@H]4CCC[C@H](CCOC(=O)C(C)(C)C)O4)OC(C)(C)O3)O2)O[C@@H]1[C@H](CO[Si](c1ccccc1)(c1ccccc1)C(C)(C)C)OC(=O)C(C)(C)C. The number of carbonyl (C=O) groups is 2. The summed E-state index contributed by atoms with van der Waals surface area (Å²) in [6, 6.07) is 21.0. The zero-order chi connectivity index (χ0) is 48.1. The van der Waals surface area contributed by atoms with Gasteiger partial charge in [-0.3, -0.25) is 9.59 Å². The molecule has 1 spiro atoms. The lowest BCUT2D eigenvalue weighted by atomic mass is 9.88. The second kappa shape index (κ2) is 21.4. The molecule has 11 nitrogen and oxygen atoms in total. The molecule has 4 aliphatic rings. The lowest BCUT2D eigenvalue weighted by Gasteiger charge is -2.50. The van der Waals surface area contributed by atoms with Gasteiger partial charge in [-0.15, -0.1) is 0 Å². The standard InChI is InChI=1S/C54H82O11Si/c1-37-27-30-54(64-45(37)35-41-34-40(62-53(11,12)63-41)33-39-22-20-21-38(60-39)29-32-58-48(55)50(2,3)4)31-28-44(57-13)47(65-54)46(61-49(56)51(5,6)7)36-59-66(52(8,9)10,42-23-16-14-17-24-42)43-25-18-15-19-26-43/h14-19,23-27,30,37-41,44-47H,20-22,28-29,31-36H2,1-13H3/t37-,38+,39-,40-,41+,44-,45+,46-,47-,54-/m0/s1. The van der Waals surface area contributed by atoms with E-state index in [0.717, 1.165) is 36.1 Å². The zero-order valence-electron chi connectivity index (χ0n) is 42.4. The summed E-state index contributed by atoms with van der Waals surface area (Å²) in [6.45, 7) is 24.5. The maximum absolute atomic E-state index is 13.9. The van der Waals surface area contributed by atoms with Gasteiger partial charge in [-0.2, -0.15) is 0 Å². The van der Waals surface area contributed by atoms with Crippen molar-refractivity contribution in [3.8, 4) is 0 Å². The topological polar surface area (TPSA) is 117 Å². The van der Waals surface area contributed by atoms with E-state index in [0.29, 0.717) is 38.7 Å². The first-order valence-corrected chi connectivity index (χ1v) is 26.6. The summed E-state index contributed by atoms with van der Waals surface area (Å²) in [7, 11) is -1.34. The average Bonchev–Trinajstić information content (AvgIpc) is 3.24. The van der Waals surface area contributed by atoms with Gasteiger partial charge < -0.3 is 42.3 Å². The minimum absolute atomic E-state index is 0.0515. The maximum Gasteiger partial charge on any atom is 0.311 e. The van der Waals surface area contributed by atoms with Crippen LogP contribution in [0.25, 0.3) is 0 Å². The quantitative estimate of drug-likeness (QED) is 0.0966.